The van der Waals surface area contributed by atoms with Gasteiger partial charge in [0.1, 0.15) is 11.9 Å². The standard InChI is InChI=1S/C26H24N2O4/c1-2-32-26(31)22-18-27(20-14-8-4-9-15-20)24(19-12-6-3-7-13-19)28(23(22)25(29)30)21-16-10-5-11-17-21/h3-17,24H,2,18H2,1H3,(H,29,30). The topological polar surface area (TPSA) is 70.1 Å². The van der Waals surface area contributed by atoms with Crippen LogP contribution in [0.15, 0.2) is 102 Å². The zero-order valence-electron chi connectivity index (χ0n) is 17.7. The van der Waals surface area contributed by atoms with Gasteiger partial charge in [-0.05, 0) is 36.8 Å². The van der Waals surface area contributed by atoms with Crippen LogP contribution in [0.2, 0.25) is 0 Å². The molecule has 0 saturated carbocycles. The Morgan fingerprint density at radius 1 is 0.875 bits per heavy atom. The van der Waals surface area contributed by atoms with Crippen molar-refractivity contribution in [3.63, 3.8) is 0 Å². The number of carbonyl (C=O) groups excluding carboxylic acids is 1. The average molecular weight is 428 g/mol. The van der Waals surface area contributed by atoms with Gasteiger partial charge in [-0.2, -0.15) is 0 Å². The van der Waals surface area contributed by atoms with E-state index in [1.165, 1.54) is 0 Å². The number of para-hydroxylation sites is 2. The summed E-state index contributed by atoms with van der Waals surface area (Å²) in [5.74, 6) is -1.80. The number of carbonyl (C=O) groups is 2. The minimum absolute atomic E-state index is 0.0734. The number of anilines is 2. The molecule has 4 rings (SSSR count). The molecular formula is C26H24N2O4. The van der Waals surface area contributed by atoms with Crippen molar-refractivity contribution in [3.8, 4) is 0 Å². The Morgan fingerprint density at radius 3 is 1.94 bits per heavy atom. The summed E-state index contributed by atoms with van der Waals surface area (Å²) >= 11 is 0. The lowest BCUT2D eigenvalue weighted by molar-refractivity contribution is -0.140. The van der Waals surface area contributed by atoms with Gasteiger partial charge in [0.2, 0.25) is 0 Å². The maximum atomic E-state index is 12.9. The molecule has 1 heterocycles. The number of hydrogen-bond acceptors (Lipinski definition) is 5. The number of carboxylic acids is 1. The Kier molecular flexibility index (Phi) is 6.22. The van der Waals surface area contributed by atoms with Crippen molar-refractivity contribution in [1.29, 1.82) is 0 Å². The predicted octanol–water partition coefficient (Wildman–Crippen LogP) is 4.61. The smallest absolute Gasteiger partial charge is 0.353 e. The molecule has 3 aromatic rings. The zero-order chi connectivity index (χ0) is 22.5. The minimum atomic E-state index is -1.18. The van der Waals surface area contributed by atoms with E-state index in [0.29, 0.717) is 5.69 Å². The summed E-state index contributed by atoms with van der Waals surface area (Å²) in [6, 6.07) is 28.6. The highest BCUT2D eigenvalue weighted by atomic mass is 16.5. The van der Waals surface area contributed by atoms with E-state index in [2.05, 4.69) is 0 Å². The van der Waals surface area contributed by atoms with Gasteiger partial charge in [-0.25, -0.2) is 9.59 Å². The molecular weight excluding hydrogens is 404 g/mol. The van der Waals surface area contributed by atoms with Crippen LogP contribution in [-0.4, -0.2) is 30.2 Å². The molecule has 1 N–H and O–H groups in total. The molecule has 0 spiro atoms. The van der Waals surface area contributed by atoms with Crippen molar-refractivity contribution >= 4 is 23.3 Å². The van der Waals surface area contributed by atoms with E-state index in [4.69, 9.17) is 4.74 Å². The predicted molar refractivity (Wildman–Crippen MR) is 123 cm³/mol. The molecule has 0 amide bonds. The number of hydrogen-bond donors (Lipinski definition) is 1. The van der Waals surface area contributed by atoms with Gasteiger partial charge >= 0.3 is 11.9 Å². The maximum Gasteiger partial charge on any atom is 0.353 e. The fourth-order valence-corrected chi connectivity index (χ4v) is 4.02. The third-order valence-electron chi connectivity index (χ3n) is 5.34. The number of benzene rings is 3. The molecule has 1 unspecified atom stereocenters. The van der Waals surface area contributed by atoms with Crippen LogP contribution < -0.4 is 9.80 Å². The van der Waals surface area contributed by atoms with E-state index in [9.17, 15) is 14.7 Å². The summed E-state index contributed by atoms with van der Waals surface area (Å²) in [6.45, 7) is 1.97. The number of rotatable bonds is 6. The van der Waals surface area contributed by atoms with Gasteiger partial charge < -0.3 is 19.6 Å². The number of esters is 1. The first-order valence-electron chi connectivity index (χ1n) is 10.5. The second-order valence-corrected chi connectivity index (χ2v) is 7.31. The summed E-state index contributed by atoms with van der Waals surface area (Å²) in [6.07, 6.45) is -0.481. The Morgan fingerprint density at radius 2 is 1.41 bits per heavy atom. The highest BCUT2D eigenvalue weighted by molar-refractivity contribution is 6.04. The largest absolute Gasteiger partial charge is 0.477 e. The van der Waals surface area contributed by atoms with E-state index in [-0.39, 0.29) is 24.4 Å². The Hall–Kier alpha value is -4.06. The van der Waals surface area contributed by atoms with Crippen LogP contribution in [0.25, 0.3) is 0 Å². The molecule has 0 aliphatic carbocycles. The molecule has 6 heteroatoms. The first-order valence-corrected chi connectivity index (χ1v) is 10.5. The maximum absolute atomic E-state index is 12.9. The molecule has 32 heavy (non-hydrogen) atoms. The molecule has 1 atom stereocenters. The molecule has 0 radical (unpaired) electrons. The van der Waals surface area contributed by atoms with Crippen LogP contribution in [0.3, 0.4) is 0 Å². The zero-order valence-corrected chi connectivity index (χ0v) is 17.7. The monoisotopic (exact) mass is 428 g/mol. The Bertz CT molecular complexity index is 1110. The van der Waals surface area contributed by atoms with Gasteiger partial charge in [-0.3, -0.25) is 0 Å². The van der Waals surface area contributed by atoms with Gasteiger partial charge in [0.25, 0.3) is 0 Å². The van der Waals surface area contributed by atoms with Crippen molar-refractivity contribution in [1.82, 2.24) is 0 Å². The molecule has 1 aliphatic rings. The molecule has 1 aliphatic heterocycles. The molecule has 0 aromatic heterocycles. The molecule has 0 bridgehead atoms. The van der Waals surface area contributed by atoms with Gasteiger partial charge in [-0.15, -0.1) is 0 Å². The molecule has 0 saturated heterocycles. The summed E-state index contributed by atoms with van der Waals surface area (Å²) in [4.78, 5) is 29.2. The normalized spacial score (nSPS) is 16.1. The van der Waals surface area contributed by atoms with Gasteiger partial charge in [0.05, 0.1) is 18.7 Å². The number of ether oxygens (including phenoxy) is 1. The summed E-state index contributed by atoms with van der Waals surface area (Å²) in [7, 11) is 0. The van der Waals surface area contributed by atoms with Crippen LogP contribution in [0.1, 0.15) is 18.7 Å². The van der Waals surface area contributed by atoms with Crippen LogP contribution in [0, 0.1) is 0 Å². The van der Waals surface area contributed by atoms with Gasteiger partial charge in [0, 0.05) is 11.4 Å². The highest BCUT2D eigenvalue weighted by Gasteiger charge is 2.41. The quantitative estimate of drug-likeness (QED) is 0.578. The fraction of sp³-hybridized carbons (Fsp3) is 0.154. The molecule has 0 fully saturated rings. The minimum Gasteiger partial charge on any atom is -0.477 e. The lowest BCUT2D eigenvalue weighted by Gasteiger charge is -2.46. The number of nitrogens with zero attached hydrogens (tertiary/aromatic N) is 2. The van der Waals surface area contributed by atoms with Crippen molar-refractivity contribution in [2.45, 2.75) is 13.1 Å². The van der Waals surface area contributed by atoms with Crippen LogP contribution >= 0.6 is 0 Å². The van der Waals surface area contributed by atoms with Crippen LogP contribution in [-0.2, 0) is 14.3 Å². The van der Waals surface area contributed by atoms with Crippen LogP contribution in [0.4, 0.5) is 11.4 Å². The molecule has 6 nitrogen and oxygen atoms in total. The van der Waals surface area contributed by atoms with Gasteiger partial charge in [0.15, 0.2) is 0 Å². The fourth-order valence-electron chi connectivity index (χ4n) is 4.02. The number of aliphatic carboxylic acids is 1. The highest BCUT2D eigenvalue weighted by Crippen LogP contribution is 2.41. The molecule has 162 valence electrons. The van der Waals surface area contributed by atoms with E-state index < -0.39 is 18.1 Å². The van der Waals surface area contributed by atoms with Crippen LogP contribution in [0.5, 0.6) is 0 Å². The van der Waals surface area contributed by atoms with E-state index in [0.717, 1.165) is 11.3 Å². The van der Waals surface area contributed by atoms with Gasteiger partial charge in [-0.1, -0.05) is 66.7 Å². The first kappa shape index (κ1) is 21.2. The lowest BCUT2D eigenvalue weighted by Crippen LogP contribution is -2.50. The van der Waals surface area contributed by atoms with E-state index >= 15 is 0 Å². The second-order valence-electron chi connectivity index (χ2n) is 7.31. The van der Waals surface area contributed by atoms with Crippen molar-refractivity contribution in [2.24, 2.45) is 0 Å². The van der Waals surface area contributed by atoms with Crippen molar-refractivity contribution in [2.75, 3.05) is 23.0 Å². The molecule has 3 aromatic carbocycles. The third-order valence-corrected chi connectivity index (χ3v) is 5.34. The summed E-state index contributed by atoms with van der Waals surface area (Å²) < 4.78 is 5.26. The number of carboxylic acid groups (broad SMARTS) is 1. The van der Waals surface area contributed by atoms with Crippen molar-refractivity contribution in [3.05, 3.63) is 108 Å². The van der Waals surface area contributed by atoms with E-state index in [1.807, 2.05) is 95.9 Å². The Balaban J connectivity index is 2.00. The van der Waals surface area contributed by atoms with Crippen molar-refractivity contribution < 1.29 is 19.4 Å². The SMILES string of the molecule is CCOC(=O)C1=C(C(=O)O)N(c2ccccc2)C(c2ccccc2)N(c2ccccc2)C1. The third kappa shape index (κ3) is 4.07. The first-order chi connectivity index (χ1) is 15.6. The Labute approximate surface area is 187 Å². The summed E-state index contributed by atoms with van der Waals surface area (Å²) in [5.41, 5.74) is 2.48. The lowest BCUT2D eigenvalue weighted by atomic mass is 9.99. The van der Waals surface area contributed by atoms with E-state index in [1.54, 1.807) is 11.8 Å². The second kappa shape index (κ2) is 9.39. The summed E-state index contributed by atoms with van der Waals surface area (Å²) in [5, 5.41) is 10.3. The average Bonchev–Trinajstić information content (AvgIpc) is 2.84.